The summed E-state index contributed by atoms with van der Waals surface area (Å²) in [7, 11) is 0. The fraction of sp³-hybridized carbons (Fsp3) is 0.462. The van der Waals surface area contributed by atoms with E-state index in [0.29, 0.717) is 0 Å². The number of anilines is 1. The summed E-state index contributed by atoms with van der Waals surface area (Å²) < 4.78 is 13.0. The lowest BCUT2D eigenvalue weighted by atomic mass is 9.85. The van der Waals surface area contributed by atoms with E-state index in [1.165, 1.54) is 6.07 Å². The molecule has 1 fully saturated rings. The number of nitrogens with zero attached hydrogens (tertiary/aromatic N) is 1. The smallest absolute Gasteiger partial charge is 0.141 e. The molecule has 2 rings (SSSR count). The molecule has 1 saturated carbocycles. The fourth-order valence-corrected chi connectivity index (χ4v) is 2.44. The molecule has 2 nitrogen and oxygen atoms in total. The minimum Gasteiger partial charge on any atom is -0.381 e. The first-order chi connectivity index (χ1) is 8.20. The van der Waals surface area contributed by atoms with Crippen molar-refractivity contribution in [1.29, 1.82) is 5.26 Å². The third kappa shape index (κ3) is 2.89. The van der Waals surface area contributed by atoms with Crippen molar-refractivity contribution in [2.75, 3.05) is 5.32 Å². The lowest BCUT2D eigenvalue weighted by molar-refractivity contribution is 0.389. The molecule has 2 atom stereocenters. The Hall–Kier alpha value is -1.27. The number of nitriles is 1. The first-order valence-corrected chi connectivity index (χ1v) is 6.19. The molecular formula is C13H14ClFN2. The minimum atomic E-state index is -0.419. The average molecular weight is 253 g/mol. The monoisotopic (exact) mass is 252 g/mol. The van der Waals surface area contributed by atoms with Gasteiger partial charge in [-0.3, -0.25) is 0 Å². The Labute approximate surface area is 105 Å². The number of benzene rings is 1. The van der Waals surface area contributed by atoms with Gasteiger partial charge in [-0.05, 0) is 31.0 Å². The Morgan fingerprint density at radius 1 is 1.35 bits per heavy atom. The summed E-state index contributed by atoms with van der Waals surface area (Å²) in [5, 5.41) is 12.4. The summed E-state index contributed by atoms with van der Waals surface area (Å²) in [4.78, 5) is 0. The molecule has 1 aromatic carbocycles. The van der Waals surface area contributed by atoms with Crippen molar-refractivity contribution in [3.05, 3.63) is 29.0 Å². The molecule has 1 N–H and O–H groups in total. The molecule has 1 aromatic rings. The van der Waals surface area contributed by atoms with Gasteiger partial charge in [0.1, 0.15) is 5.82 Å². The summed E-state index contributed by atoms with van der Waals surface area (Å²) in [6.07, 6.45) is 4.15. The van der Waals surface area contributed by atoms with E-state index in [9.17, 15) is 4.39 Å². The first kappa shape index (κ1) is 12.2. The van der Waals surface area contributed by atoms with Crippen LogP contribution < -0.4 is 5.32 Å². The van der Waals surface area contributed by atoms with Crippen molar-refractivity contribution in [3.63, 3.8) is 0 Å². The van der Waals surface area contributed by atoms with E-state index in [0.717, 1.165) is 31.4 Å². The maximum Gasteiger partial charge on any atom is 0.141 e. The highest BCUT2D eigenvalue weighted by atomic mass is 35.5. The Balaban J connectivity index is 2.09. The maximum absolute atomic E-state index is 13.0. The highest BCUT2D eigenvalue weighted by molar-refractivity contribution is 6.31. The molecule has 0 aromatic heterocycles. The highest BCUT2D eigenvalue weighted by Crippen LogP contribution is 2.28. The molecule has 0 amide bonds. The van der Waals surface area contributed by atoms with Crippen molar-refractivity contribution in [2.45, 2.75) is 31.7 Å². The molecule has 17 heavy (non-hydrogen) atoms. The molecule has 2 unspecified atom stereocenters. The van der Waals surface area contributed by atoms with Crippen molar-refractivity contribution in [1.82, 2.24) is 0 Å². The topological polar surface area (TPSA) is 35.8 Å². The van der Waals surface area contributed by atoms with Gasteiger partial charge >= 0.3 is 0 Å². The van der Waals surface area contributed by atoms with Crippen LogP contribution in [-0.2, 0) is 0 Å². The second kappa shape index (κ2) is 5.37. The first-order valence-electron chi connectivity index (χ1n) is 5.82. The Morgan fingerprint density at radius 3 is 2.82 bits per heavy atom. The van der Waals surface area contributed by atoms with Crippen LogP contribution in [0.1, 0.15) is 25.7 Å². The molecule has 0 spiro atoms. The molecule has 1 aliphatic carbocycles. The van der Waals surface area contributed by atoms with E-state index in [2.05, 4.69) is 11.4 Å². The fourth-order valence-electron chi connectivity index (χ4n) is 2.26. The predicted molar refractivity (Wildman–Crippen MR) is 66.4 cm³/mol. The van der Waals surface area contributed by atoms with Crippen molar-refractivity contribution >= 4 is 17.3 Å². The van der Waals surface area contributed by atoms with E-state index in [-0.39, 0.29) is 17.0 Å². The van der Waals surface area contributed by atoms with Gasteiger partial charge < -0.3 is 5.32 Å². The molecule has 0 saturated heterocycles. The Bertz CT molecular complexity index is 442. The summed E-state index contributed by atoms with van der Waals surface area (Å²) >= 11 is 5.72. The van der Waals surface area contributed by atoms with E-state index < -0.39 is 5.82 Å². The van der Waals surface area contributed by atoms with Crippen LogP contribution >= 0.6 is 11.6 Å². The molecule has 90 valence electrons. The maximum atomic E-state index is 13.0. The zero-order valence-corrected chi connectivity index (χ0v) is 10.2. The molecule has 1 aliphatic rings. The van der Waals surface area contributed by atoms with Crippen LogP contribution in [0.15, 0.2) is 18.2 Å². The van der Waals surface area contributed by atoms with E-state index in [1.807, 2.05) is 0 Å². The summed E-state index contributed by atoms with van der Waals surface area (Å²) in [6.45, 7) is 0. The highest BCUT2D eigenvalue weighted by Gasteiger charge is 2.24. The van der Waals surface area contributed by atoms with Gasteiger partial charge in [-0.1, -0.05) is 24.4 Å². The summed E-state index contributed by atoms with van der Waals surface area (Å²) in [5.41, 5.74) is 0.781. The lowest BCUT2D eigenvalue weighted by Gasteiger charge is -2.28. The number of rotatable bonds is 2. The van der Waals surface area contributed by atoms with Crippen LogP contribution in [0.5, 0.6) is 0 Å². The van der Waals surface area contributed by atoms with Gasteiger partial charge in [0.05, 0.1) is 17.0 Å². The number of hydrogen-bond donors (Lipinski definition) is 1. The van der Waals surface area contributed by atoms with E-state index in [4.69, 9.17) is 16.9 Å². The van der Waals surface area contributed by atoms with Gasteiger partial charge in [0.15, 0.2) is 0 Å². The van der Waals surface area contributed by atoms with Crippen molar-refractivity contribution in [3.8, 4) is 6.07 Å². The Morgan fingerprint density at radius 2 is 2.12 bits per heavy atom. The standard InChI is InChI=1S/C13H14ClFN2/c14-11-7-10(5-6-12(11)15)17-13-4-2-1-3-9(13)8-16/h5-7,9,13,17H,1-4H2. The molecule has 0 radical (unpaired) electrons. The molecule has 0 aliphatic heterocycles. The minimum absolute atomic E-state index is 0.0348. The number of hydrogen-bond acceptors (Lipinski definition) is 2. The predicted octanol–water partition coefficient (Wildman–Crippen LogP) is 3.97. The van der Waals surface area contributed by atoms with Crippen LogP contribution in [0.4, 0.5) is 10.1 Å². The lowest BCUT2D eigenvalue weighted by Crippen LogP contribution is -2.31. The van der Waals surface area contributed by atoms with Crippen molar-refractivity contribution < 1.29 is 4.39 Å². The molecule has 4 heteroatoms. The second-order valence-electron chi connectivity index (χ2n) is 4.40. The van der Waals surface area contributed by atoms with Crippen LogP contribution in [0.3, 0.4) is 0 Å². The largest absolute Gasteiger partial charge is 0.381 e. The van der Waals surface area contributed by atoms with Crippen molar-refractivity contribution in [2.24, 2.45) is 5.92 Å². The average Bonchev–Trinajstić information content (AvgIpc) is 2.34. The van der Waals surface area contributed by atoms with Gasteiger partial charge in [0, 0.05) is 11.7 Å². The molecule has 0 heterocycles. The molecule has 0 bridgehead atoms. The zero-order valence-electron chi connectivity index (χ0n) is 9.42. The van der Waals surface area contributed by atoms with E-state index in [1.54, 1.807) is 12.1 Å². The number of halogens is 2. The normalized spacial score (nSPS) is 24.1. The van der Waals surface area contributed by atoms with Gasteiger partial charge in [0.25, 0.3) is 0 Å². The summed E-state index contributed by atoms with van der Waals surface area (Å²) in [6, 6.07) is 7.05. The third-order valence-corrected chi connectivity index (χ3v) is 3.49. The Kier molecular flexibility index (Phi) is 3.86. The van der Waals surface area contributed by atoms with Crippen LogP contribution in [-0.4, -0.2) is 6.04 Å². The quantitative estimate of drug-likeness (QED) is 0.864. The second-order valence-corrected chi connectivity index (χ2v) is 4.81. The zero-order chi connectivity index (χ0) is 12.3. The van der Waals surface area contributed by atoms with Crippen LogP contribution in [0.2, 0.25) is 5.02 Å². The van der Waals surface area contributed by atoms with Gasteiger partial charge in [-0.2, -0.15) is 5.26 Å². The van der Waals surface area contributed by atoms with E-state index >= 15 is 0 Å². The van der Waals surface area contributed by atoms with Gasteiger partial charge in [-0.15, -0.1) is 0 Å². The summed E-state index contributed by atoms with van der Waals surface area (Å²) in [5.74, 6) is -0.384. The van der Waals surface area contributed by atoms with Crippen LogP contribution in [0.25, 0.3) is 0 Å². The van der Waals surface area contributed by atoms with Gasteiger partial charge in [-0.25, -0.2) is 4.39 Å². The SMILES string of the molecule is N#CC1CCCCC1Nc1ccc(F)c(Cl)c1. The third-order valence-electron chi connectivity index (χ3n) is 3.20. The van der Waals surface area contributed by atoms with Crippen LogP contribution in [0, 0.1) is 23.1 Å². The number of nitrogens with one attached hydrogen (secondary N) is 1. The molecular weight excluding hydrogens is 239 g/mol. The van der Waals surface area contributed by atoms with Gasteiger partial charge in [0.2, 0.25) is 0 Å².